The Bertz CT molecular complexity index is 3230. The number of fused-ring (bicyclic) bond motifs is 4. The molecule has 3 N–H and O–H groups in total. The quantitative estimate of drug-likeness (QED) is 0.0419. The Labute approximate surface area is 481 Å². The number of hydrogen-bond acceptors (Lipinski definition) is 16. The van der Waals surface area contributed by atoms with E-state index in [1.807, 2.05) is 101 Å². The van der Waals surface area contributed by atoms with Crippen LogP contribution >= 0.6 is 11.6 Å². The van der Waals surface area contributed by atoms with Gasteiger partial charge in [-0.05, 0) is 76.3 Å². The molecule has 0 spiro atoms. The van der Waals surface area contributed by atoms with Crippen molar-refractivity contribution >= 4 is 40.9 Å². The van der Waals surface area contributed by atoms with Crippen molar-refractivity contribution in [3.8, 4) is 23.0 Å². The Morgan fingerprint density at radius 3 is 2.24 bits per heavy atom. The summed E-state index contributed by atoms with van der Waals surface area (Å²) in [6.45, 7) is 15.5. The molecule has 4 atom stereocenters. The predicted molar refractivity (Wildman–Crippen MR) is 303 cm³/mol. The zero-order valence-electron chi connectivity index (χ0n) is 47.3. The maximum atomic E-state index is 14.3. The average molecular weight is 1150 g/mol. The lowest BCUT2D eigenvalue weighted by molar-refractivity contribution is -0.143. The summed E-state index contributed by atoms with van der Waals surface area (Å²) in [4.78, 5) is 67.2. The molecule has 4 amide bonds. The maximum absolute atomic E-state index is 14.3. The number of aliphatic hydroxyl groups excluding tert-OH is 1. The number of amides is 4. The van der Waals surface area contributed by atoms with Crippen molar-refractivity contribution in [2.45, 2.75) is 105 Å². The van der Waals surface area contributed by atoms with Gasteiger partial charge in [-0.15, -0.1) is 10.2 Å². The second-order valence-corrected chi connectivity index (χ2v) is 21.4. The number of hydrogen-bond donors (Lipinski definition) is 3. The van der Waals surface area contributed by atoms with E-state index in [4.69, 9.17) is 49.1 Å². The average Bonchev–Trinajstić information content (AvgIpc) is 3.08. The van der Waals surface area contributed by atoms with Gasteiger partial charge < -0.3 is 58.1 Å². The van der Waals surface area contributed by atoms with Crippen LogP contribution in [0.15, 0.2) is 87.0 Å². The van der Waals surface area contributed by atoms with Crippen molar-refractivity contribution < 1.29 is 56.8 Å². The highest BCUT2D eigenvalue weighted by Crippen LogP contribution is 2.37. The molecule has 0 radical (unpaired) electrons. The molecule has 1 fully saturated rings. The van der Waals surface area contributed by atoms with Crippen molar-refractivity contribution in [2.24, 2.45) is 10.9 Å². The van der Waals surface area contributed by atoms with Crippen LogP contribution < -0.4 is 15.4 Å². The molecule has 436 valence electrons. The molecule has 0 aliphatic carbocycles. The van der Waals surface area contributed by atoms with Gasteiger partial charge in [0.1, 0.15) is 42.1 Å². The minimum atomic E-state index is -0.933. The van der Waals surface area contributed by atoms with Gasteiger partial charge in [0.2, 0.25) is 23.6 Å². The van der Waals surface area contributed by atoms with Crippen LogP contribution in [0.5, 0.6) is 5.75 Å². The lowest BCUT2D eigenvalue weighted by atomic mass is 9.99. The van der Waals surface area contributed by atoms with Gasteiger partial charge in [-0.25, -0.2) is 9.55 Å². The first kappa shape index (κ1) is 59.4. The summed E-state index contributed by atoms with van der Waals surface area (Å²) in [5.74, 6) is 2.11. The third-order valence-electron chi connectivity index (χ3n) is 14.8. The van der Waals surface area contributed by atoms with Gasteiger partial charge in [-0.1, -0.05) is 67.9 Å². The Morgan fingerprint density at radius 2 is 1.54 bits per heavy atom. The molecular formula is C60H72ClN9O12. The van der Waals surface area contributed by atoms with Crippen molar-refractivity contribution in [3.05, 3.63) is 135 Å². The number of aliphatic imine (C=N–C) groups is 1. The zero-order valence-corrected chi connectivity index (χ0v) is 48.0. The number of aromatic nitrogens is 4. The molecule has 3 aliphatic heterocycles. The fourth-order valence-electron chi connectivity index (χ4n) is 10.5. The number of carbonyl (C=O) groups excluding carboxylic acids is 4. The number of aryl methyl sites for hydroxylation is 3. The highest BCUT2D eigenvalue weighted by molar-refractivity contribution is 6.30. The van der Waals surface area contributed by atoms with Gasteiger partial charge in [-0.3, -0.25) is 24.2 Å². The molecule has 3 aromatic heterocycles. The van der Waals surface area contributed by atoms with Crippen LogP contribution in [0.3, 0.4) is 0 Å². The third-order valence-corrected chi connectivity index (χ3v) is 15.1. The summed E-state index contributed by atoms with van der Waals surface area (Å²) in [7, 11) is 0. The Hall–Kier alpha value is -7.27. The molecular weight excluding hydrogens is 1070 g/mol. The molecule has 1 saturated heterocycles. The first-order valence-corrected chi connectivity index (χ1v) is 28.3. The molecule has 0 saturated carbocycles. The van der Waals surface area contributed by atoms with Crippen LogP contribution in [0.4, 0.5) is 0 Å². The number of benzene rings is 3. The van der Waals surface area contributed by atoms with Gasteiger partial charge in [0, 0.05) is 78.7 Å². The Morgan fingerprint density at radius 1 is 0.841 bits per heavy atom. The number of ether oxygens (including phenoxy) is 5. The highest BCUT2D eigenvalue weighted by atomic mass is 35.5. The molecule has 0 bridgehead atoms. The number of unbranched alkanes of at least 4 members (excludes halogenated alkanes) is 1. The van der Waals surface area contributed by atoms with E-state index in [2.05, 4.69) is 25.8 Å². The molecule has 22 heteroatoms. The predicted octanol–water partition coefficient (Wildman–Crippen LogP) is 6.98. The SMILES string of the molecule is Cc1ncoc1-c1ccc(CNC(=O)[C@@H]2CC(O)CN2C(=O)C(C(C)C)N2Cc3ccccc3C2=O)c(OCCOCCOCCCCOCCOCCNC(=O)CC2N=C(c3ccc(Cl)cc3)c3c(oc(C)c3C)-n3c(C)nnc32)c1. The van der Waals surface area contributed by atoms with Gasteiger partial charge in [0.15, 0.2) is 18.0 Å². The lowest BCUT2D eigenvalue weighted by Crippen LogP contribution is -2.55. The van der Waals surface area contributed by atoms with Crippen molar-refractivity contribution in [3.63, 3.8) is 0 Å². The van der Waals surface area contributed by atoms with E-state index in [0.717, 1.165) is 46.4 Å². The molecule has 21 nitrogen and oxygen atoms in total. The van der Waals surface area contributed by atoms with Gasteiger partial charge in [-0.2, -0.15) is 0 Å². The van der Waals surface area contributed by atoms with Crippen molar-refractivity contribution in [1.29, 1.82) is 0 Å². The van der Waals surface area contributed by atoms with Crippen molar-refractivity contribution in [2.75, 3.05) is 72.6 Å². The topological polar surface area (TPSA) is 247 Å². The first-order valence-electron chi connectivity index (χ1n) is 27.9. The van der Waals surface area contributed by atoms with Crippen LogP contribution in [0.25, 0.3) is 17.2 Å². The van der Waals surface area contributed by atoms with Crippen LogP contribution in [-0.2, 0) is 46.4 Å². The minimum Gasteiger partial charge on any atom is -0.491 e. The van der Waals surface area contributed by atoms with E-state index in [1.54, 1.807) is 17.0 Å². The highest BCUT2D eigenvalue weighted by Gasteiger charge is 2.46. The second kappa shape index (κ2) is 27.7. The Balaban J connectivity index is 0.643. The number of nitrogens with zero attached hydrogens (tertiary/aromatic N) is 7. The largest absolute Gasteiger partial charge is 0.491 e. The normalized spacial score (nSPS) is 16.9. The molecule has 9 rings (SSSR count). The standard InChI is InChI=1S/C60H72ClN9O12/c1-36(2)54(69-33-44-11-7-8-12-47(44)58(69)74)59(75)68-34-46(71)30-49(68)57(73)63-32-43-14-13-42(55-38(4)64-35-81-55)29-50(43)80-28-27-79-26-24-77-21-10-9-20-76-23-25-78-22-19-62-51(72)31-48-56-67-66-40(6)70(56)60-52(37(3)39(5)82-60)53(65-48)41-15-17-45(61)18-16-41/h7-8,11-18,29,35-36,46,48-49,54,71H,9-10,19-28,30-34H2,1-6H3,(H,62,72)(H,63,73)/t46?,48?,49-,54?/m0/s1. The van der Waals surface area contributed by atoms with E-state index in [0.29, 0.717) is 116 Å². The summed E-state index contributed by atoms with van der Waals surface area (Å²) in [5, 5.41) is 26.0. The molecule has 6 aromatic rings. The zero-order chi connectivity index (χ0) is 57.9. The number of furan rings is 1. The monoisotopic (exact) mass is 1150 g/mol. The molecule has 3 unspecified atom stereocenters. The van der Waals surface area contributed by atoms with E-state index in [9.17, 15) is 24.3 Å². The minimum absolute atomic E-state index is 0.0173. The van der Waals surface area contributed by atoms with Crippen LogP contribution in [0.1, 0.15) is 107 Å². The molecule has 3 aliphatic rings. The van der Waals surface area contributed by atoms with Gasteiger partial charge in [0.25, 0.3) is 5.91 Å². The van der Waals surface area contributed by atoms with Crippen LogP contribution in [0.2, 0.25) is 5.02 Å². The summed E-state index contributed by atoms with van der Waals surface area (Å²) in [6.07, 6.45) is 2.22. The molecule has 82 heavy (non-hydrogen) atoms. The van der Waals surface area contributed by atoms with E-state index < -0.39 is 30.1 Å². The number of rotatable bonds is 28. The summed E-state index contributed by atoms with van der Waals surface area (Å²) >= 11 is 6.23. The number of nitrogens with one attached hydrogen (secondary N) is 2. The Kier molecular flexibility index (Phi) is 20.0. The molecule has 6 heterocycles. The number of β-amino-alcohol motifs (C(OH)–C–C–N with tert-alkyl or cyclic N) is 1. The summed E-state index contributed by atoms with van der Waals surface area (Å²) in [6, 6.07) is 17.9. The first-order chi connectivity index (χ1) is 39.7. The van der Waals surface area contributed by atoms with Gasteiger partial charge >= 0.3 is 0 Å². The molecule has 3 aromatic carbocycles. The number of likely N-dealkylation sites (tertiary alicyclic amines) is 1. The number of carbonyl (C=O) groups is 4. The van der Waals surface area contributed by atoms with E-state index in [-0.39, 0.29) is 62.8 Å². The van der Waals surface area contributed by atoms with E-state index >= 15 is 0 Å². The summed E-state index contributed by atoms with van der Waals surface area (Å²) < 4.78 is 43.0. The van der Waals surface area contributed by atoms with Crippen LogP contribution in [-0.4, -0.2) is 155 Å². The van der Waals surface area contributed by atoms with E-state index in [1.165, 1.54) is 11.3 Å². The summed E-state index contributed by atoms with van der Waals surface area (Å²) in [5.41, 5.74) is 6.86. The number of oxazole rings is 1. The third kappa shape index (κ3) is 14.0. The fraction of sp³-hybridized carbons (Fsp3) is 0.467. The van der Waals surface area contributed by atoms with Crippen molar-refractivity contribution in [1.82, 2.24) is 40.2 Å². The van der Waals surface area contributed by atoms with Gasteiger partial charge in [0.05, 0.1) is 69.1 Å². The van der Waals surface area contributed by atoms with Crippen LogP contribution in [0, 0.1) is 33.6 Å². The number of halogens is 1. The number of aliphatic hydroxyl groups is 1. The fourth-order valence-corrected chi connectivity index (χ4v) is 10.6. The smallest absolute Gasteiger partial charge is 0.255 e. The maximum Gasteiger partial charge on any atom is 0.255 e. The second-order valence-electron chi connectivity index (χ2n) is 20.9. The lowest BCUT2D eigenvalue weighted by Gasteiger charge is -2.35.